The van der Waals surface area contributed by atoms with Gasteiger partial charge < -0.3 is 10.8 Å². The molecule has 1 aromatic heterocycles. The lowest BCUT2D eigenvalue weighted by molar-refractivity contribution is 0.156. The topological polar surface area (TPSA) is 75.3 Å². The molecule has 0 aliphatic rings. The van der Waals surface area contributed by atoms with Crippen LogP contribution in [0.25, 0.3) is 10.9 Å². The summed E-state index contributed by atoms with van der Waals surface area (Å²) in [6, 6.07) is 8.04. The molecule has 0 atom stereocenters. The van der Waals surface area contributed by atoms with Crippen molar-refractivity contribution in [2.75, 3.05) is 18.9 Å². The molecule has 0 radical (unpaired) electrons. The van der Waals surface area contributed by atoms with Crippen molar-refractivity contribution in [3.63, 3.8) is 0 Å². The molecule has 3 N–H and O–H groups in total. The molecular formula is C14H20N4O. The van der Waals surface area contributed by atoms with E-state index in [1.54, 1.807) is 0 Å². The largest absolute Gasteiger partial charge is 0.395 e. The summed E-state index contributed by atoms with van der Waals surface area (Å²) in [4.78, 5) is 11.0. The van der Waals surface area contributed by atoms with Crippen LogP contribution in [0.1, 0.15) is 19.7 Å². The number of nitrogens with zero attached hydrogens (tertiary/aromatic N) is 3. The molecule has 1 heterocycles. The maximum atomic E-state index is 9.08. The lowest BCUT2D eigenvalue weighted by Crippen LogP contribution is -2.33. The number of rotatable bonds is 5. The van der Waals surface area contributed by atoms with Crippen LogP contribution in [0.4, 0.5) is 5.82 Å². The number of aliphatic hydroxyl groups is 1. The summed E-state index contributed by atoms with van der Waals surface area (Å²) >= 11 is 0. The molecule has 2 rings (SSSR count). The summed E-state index contributed by atoms with van der Waals surface area (Å²) in [5.74, 6) is 1.20. The summed E-state index contributed by atoms with van der Waals surface area (Å²) in [7, 11) is 0. The van der Waals surface area contributed by atoms with Crippen LogP contribution in [0.3, 0.4) is 0 Å². The van der Waals surface area contributed by atoms with E-state index in [9.17, 15) is 0 Å². The van der Waals surface area contributed by atoms with Crippen molar-refractivity contribution in [1.29, 1.82) is 0 Å². The quantitative estimate of drug-likeness (QED) is 0.850. The van der Waals surface area contributed by atoms with Crippen LogP contribution in [0, 0.1) is 0 Å². The Morgan fingerprint density at radius 1 is 1.26 bits per heavy atom. The lowest BCUT2D eigenvalue weighted by Gasteiger charge is -2.24. The highest BCUT2D eigenvalue weighted by Crippen LogP contribution is 2.18. The number of hydrogen-bond acceptors (Lipinski definition) is 5. The van der Waals surface area contributed by atoms with Crippen LogP contribution in [0.15, 0.2) is 24.3 Å². The van der Waals surface area contributed by atoms with Crippen molar-refractivity contribution in [1.82, 2.24) is 14.9 Å². The fourth-order valence-corrected chi connectivity index (χ4v) is 2.05. The van der Waals surface area contributed by atoms with E-state index >= 15 is 0 Å². The van der Waals surface area contributed by atoms with E-state index in [1.807, 2.05) is 24.3 Å². The number of nitrogen functional groups attached to an aromatic ring is 1. The van der Waals surface area contributed by atoms with Crippen LogP contribution >= 0.6 is 0 Å². The van der Waals surface area contributed by atoms with Gasteiger partial charge in [0.15, 0.2) is 0 Å². The Kier molecular flexibility index (Phi) is 4.29. The minimum Gasteiger partial charge on any atom is -0.395 e. The van der Waals surface area contributed by atoms with Gasteiger partial charge in [0.2, 0.25) is 0 Å². The molecule has 0 bridgehead atoms. The zero-order valence-corrected chi connectivity index (χ0v) is 11.4. The molecular weight excluding hydrogens is 240 g/mol. The van der Waals surface area contributed by atoms with Crippen molar-refractivity contribution in [3.05, 3.63) is 30.1 Å². The number of hydrogen-bond donors (Lipinski definition) is 2. The second-order valence-electron chi connectivity index (χ2n) is 4.83. The van der Waals surface area contributed by atoms with Crippen LogP contribution in [-0.4, -0.2) is 39.2 Å². The Hall–Kier alpha value is -1.72. The number of benzene rings is 1. The van der Waals surface area contributed by atoms with Crippen LogP contribution in [-0.2, 0) is 6.54 Å². The van der Waals surface area contributed by atoms with Crippen molar-refractivity contribution >= 4 is 16.7 Å². The van der Waals surface area contributed by atoms with Gasteiger partial charge in [-0.2, -0.15) is 0 Å². The van der Waals surface area contributed by atoms with Gasteiger partial charge in [0.25, 0.3) is 0 Å². The first-order valence-electron chi connectivity index (χ1n) is 6.48. The van der Waals surface area contributed by atoms with Crippen molar-refractivity contribution in [3.8, 4) is 0 Å². The van der Waals surface area contributed by atoms with Crippen molar-refractivity contribution in [2.24, 2.45) is 0 Å². The van der Waals surface area contributed by atoms with E-state index < -0.39 is 0 Å². The van der Waals surface area contributed by atoms with Gasteiger partial charge >= 0.3 is 0 Å². The highest BCUT2D eigenvalue weighted by molar-refractivity contribution is 5.87. The average Bonchev–Trinajstić information content (AvgIpc) is 2.38. The first-order chi connectivity index (χ1) is 9.11. The third-order valence-electron chi connectivity index (χ3n) is 3.14. The summed E-state index contributed by atoms with van der Waals surface area (Å²) in [5.41, 5.74) is 6.82. The monoisotopic (exact) mass is 260 g/mol. The summed E-state index contributed by atoms with van der Waals surface area (Å²) in [6.45, 7) is 5.49. The summed E-state index contributed by atoms with van der Waals surface area (Å²) < 4.78 is 0. The van der Waals surface area contributed by atoms with E-state index in [0.717, 1.165) is 10.9 Å². The Morgan fingerprint density at radius 2 is 2.00 bits per heavy atom. The molecule has 0 aliphatic heterocycles. The summed E-state index contributed by atoms with van der Waals surface area (Å²) in [5, 5.41) is 9.96. The van der Waals surface area contributed by atoms with Crippen LogP contribution < -0.4 is 5.73 Å². The van der Waals surface area contributed by atoms with Crippen LogP contribution in [0.5, 0.6) is 0 Å². The number of aromatic nitrogens is 2. The number of aliphatic hydroxyl groups excluding tert-OH is 1. The first kappa shape index (κ1) is 13.7. The third kappa shape index (κ3) is 3.19. The van der Waals surface area contributed by atoms with Gasteiger partial charge in [-0.3, -0.25) is 4.90 Å². The Morgan fingerprint density at radius 3 is 2.68 bits per heavy atom. The van der Waals surface area contributed by atoms with E-state index in [2.05, 4.69) is 28.7 Å². The second kappa shape index (κ2) is 5.95. The van der Waals surface area contributed by atoms with E-state index in [0.29, 0.717) is 30.8 Å². The smallest absolute Gasteiger partial charge is 0.145 e. The van der Waals surface area contributed by atoms with Gasteiger partial charge in [0.05, 0.1) is 18.7 Å². The highest BCUT2D eigenvalue weighted by atomic mass is 16.3. The molecule has 0 spiro atoms. The molecule has 5 heteroatoms. The van der Waals surface area contributed by atoms with Gasteiger partial charge in [-0.15, -0.1) is 0 Å². The molecule has 0 saturated heterocycles. The fourth-order valence-electron chi connectivity index (χ4n) is 2.05. The zero-order chi connectivity index (χ0) is 13.8. The minimum absolute atomic E-state index is 0.126. The van der Waals surface area contributed by atoms with Gasteiger partial charge in [-0.25, -0.2) is 9.97 Å². The minimum atomic E-state index is 0.126. The molecule has 0 saturated carbocycles. The predicted octanol–water partition coefficient (Wildman–Crippen LogP) is 1.41. The lowest BCUT2D eigenvalue weighted by atomic mass is 10.2. The number of para-hydroxylation sites is 1. The molecule has 1 aromatic carbocycles. The summed E-state index contributed by atoms with van der Waals surface area (Å²) in [6.07, 6.45) is 0. The predicted molar refractivity (Wildman–Crippen MR) is 76.6 cm³/mol. The molecule has 2 aromatic rings. The van der Waals surface area contributed by atoms with Crippen molar-refractivity contribution < 1.29 is 5.11 Å². The maximum absolute atomic E-state index is 9.08. The molecule has 19 heavy (non-hydrogen) atoms. The Balaban J connectivity index is 2.30. The van der Waals surface area contributed by atoms with Gasteiger partial charge in [0.1, 0.15) is 11.6 Å². The zero-order valence-electron chi connectivity index (χ0n) is 11.4. The third-order valence-corrected chi connectivity index (χ3v) is 3.14. The van der Waals surface area contributed by atoms with E-state index in [4.69, 9.17) is 10.8 Å². The Bertz CT molecular complexity index is 556. The average molecular weight is 260 g/mol. The number of nitrogens with two attached hydrogens (primary N) is 1. The van der Waals surface area contributed by atoms with Gasteiger partial charge in [-0.05, 0) is 26.0 Å². The molecule has 5 nitrogen and oxygen atoms in total. The second-order valence-corrected chi connectivity index (χ2v) is 4.83. The van der Waals surface area contributed by atoms with E-state index in [1.165, 1.54) is 0 Å². The molecule has 102 valence electrons. The molecule has 0 unspecified atom stereocenters. The Labute approximate surface area is 113 Å². The van der Waals surface area contributed by atoms with Crippen molar-refractivity contribution in [2.45, 2.75) is 26.4 Å². The van der Waals surface area contributed by atoms with Gasteiger partial charge in [0, 0.05) is 18.0 Å². The first-order valence-corrected chi connectivity index (χ1v) is 6.48. The molecule has 0 fully saturated rings. The number of anilines is 1. The number of fused-ring (bicyclic) bond motifs is 1. The normalized spacial score (nSPS) is 11.6. The van der Waals surface area contributed by atoms with Gasteiger partial charge in [-0.1, -0.05) is 12.1 Å². The maximum Gasteiger partial charge on any atom is 0.145 e. The highest BCUT2D eigenvalue weighted by Gasteiger charge is 2.12. The fraction of sp³-hybridized carbons (Fsp3) is 0.429. The van der Waals surface area contributed by atoms with E-state index in [-0.39, 0.29) is 6.61 Å². The van der Waals surface area contributed by atoms with Crippen LogP contribution in [0.2, 0.25) is 0 Å². The SMILES string of the molecule is CC(C)N(CCO)Cc1nc(N)c2ccccc2n1. The molecule has 0 aliphatic carbocycles. The standard InChI is InChI=1S/C14H20N4O/c1-10(2)18(7-8-19)9-13-16-12-6-4-3-5-11(12)14(15)17-13/h3-6,10,19H,7-9H2,1-2H3,(H2,15,16,17). The molecule has 0 amide bonds.